The number of aliphatic hydroxyl groups is 4. The monoisotopic (exact) mass is 182 g/mol. The maximum atomic E-state index is 12.7. The third-order valence-electron chi connectivity index (χ3n) is 1.81. The Labute approximate surface area is 68.0 Å². The minimum absolute atomic E-state index is 0.818. The van der Waals surface area contributed by atoms with E-state index >= 15 is 0 Å². The maximum Gasteiger partial charge on any atom is 0.184 e. The van der Waals surface area contributed by atoms with Crippen LogP contribution in [0, 0.1) is 0 Å². The van der Waals surface area contributed by atoms with Crippen LogP contribution in [0.3, 0.4) is 0 Å². The molecule has 0 aromatic rings. The number of halogens is 1. The van der Waals surface area contributed by atoms with E-state index in [0.29, 0.717) is 0 Å². The molecule has 1 unspecified atom stereocenters. The highest BCUT2D eigenvalue weighted by atomic mass is 19.1. The molecule has 1 aliphatic heterocycles. The minimum Gasteiger partial charge on any atom is -0.393 e. The van der Waals surface area contributed by atoms with Crippen molar-refractivity contribution >= 4 is 0 Å². The summed E-state index contributed by atoms with van der Waals surface area (Å²) in [6.45, 7) is -0.818. The topological polar surface area (TPSA) is 90.2 Å². The van der Waals surface area contributed by atoms with Gasteiger partial charge in [-0.15, -0.1) is 0 Å². The van der Waals surface area contributed by atoms with E-state index < -0.39 is 37.4 Å². The summed E-state index contributed by atoms with van der Waals surface area (Å²) in [7, 11) is 0. The Balaban J connectivity index is 2.58. The van der Waals surface area contributed by atoms with E-state index in [1.54, 1.807) is 0 Å². The second-order valence-electron chi connectivity index (χ2n) is 2.67. The quantitative estimate of drug-likeness (QED) is 0.387. The largest absolute Gasteiger partial charge is 0.393 e. The van der Waals surface area contributed by atoms with Gasteiger partial charge >= 0.3 is 0 Å². The zero-order valence-electron chi connectivity index (χ0n) is 6.17. The smallest absolute Gasteiger partial charge is 0.184 e. The average molecular weight is 182 g/mol. The summed E-state index contributed by atoms with van der Waals surface area (Å²) >= 11 is 0. The van der Waals surface area contributed by atoms with Crippen LogP contribution in [-0.2, 0) is 4.74 Å². The predicted molar refractivity (Wildman–Crippen MR) is 34.9 cm³/mol. The molecule has 6 heteroatoms. The molecule has 0 spiro atoms. The van der Waals surface area contributed by atoms with Crippen LogP contribution >= 0.6 is 0 Å². The van der Waals surface area contributed by atoms with E-state index in [0.717, 1.165) is 0 Å². The minimum atomic E-state index is -1.80. The van der Waals surface area contributed by atoms with Crippen LogP contribution in [0.4, 0.5) is 4.39 Å². The number of rotatable bonds is 2. The molecule has 1 aliphatic rings. The molecule has 1 heterocycles. The Morgan fingerprint density at radius 3 is 2.17 bits per heavy atom. The lowest BCUT2D eigenvalue weighted by molar-refractivity contribution is -0.140. The SMILES string of the molecule is OC[C@H](F)[C@H]1OC(O)[C@H](O)[C@@H]1O. The highest BCUT2D eigenvalue weighted by molar-refractivity contribution is 4.89. The fourth-order valence-electron chi connectivity index (χ4n) is 1.09. The predicted octanol–water partition coefficient (Wildman–Crippen LogP) is -2.24. The molecule has 0 bridgehead atoms. The Hall–Kier alpha value is -0.270. The molecule has 0 aromatic carbocycles. The summed E-state index contributed by atoms with van der Waals surface area (Å²) in [5.74, 6) is 0. The van der Waals surface area contributed by atoms with E-state index in [2.05, 4.69) is 4.74 Å². The van der Waals surface area contributed by atoms with Gasteiger partial charge in [-0.1, -0.05) is 0 Å². The normalized spacial score (nSPS) is 44.8. The molecular formula is C6H11FO5. The van der Waals surface area contributed by atoms with Gasteiger partial charge in [0.1, 0.15) is 18.3 Å². The van der Waals surface area contributed by atoms with Crippen molar-refractivity contribution in [2.24, 2.45) is 0 Å². The van der Waals surface area contributed by atoms with Gasteiger partial charge in [-0.2, -0.15) is 0 Å². The standard InChI is InChI=1S/C6H11FO5/c7-2(1-8)5-3(9)4(10)6(11)12-5/h2-6,8-11H,1H2/t2-,3-,4+,5+,6?/m0/s1. The molecule has 0 radical (unpaired) electrons. The summed E-state index contributed by atoms with van der Waals surface area (Å²) in [5.41, 5.74) is 0. The Morgan fingerprint density at radius 1 is 1.25 bits per heavy atom. The van der Waals surface area contributed by atoms with Crippen LogP contribution in [0.2, 0.25) is 0 Å². The van der Waals surface area contributed by atoms with E-state index in [4.69, 9.17) is 20.4 Å². The molecule has 0 aromatic heterocycles. The van der Waals surface area contributed by atoms with Gasteiger partial charge in [-0.3, -0.25) is 0 Å². The lowest BCUT2D eigenvalue weighted by Crippen LogP contribution is -2.38. The van der Waals surface area contributed by atoms with Crippen LogP contribution in [-0.4, -0.2) is 57.8 Å². The first-order chi connectivity index (χ1) is 5.57. The van der Waals surface area contributed by atoms with Gasteiger partial charge in [0.05, 0.1) is 6.61 Å². The lowest BCUT2D eigenvalue weighted by Gasteiger charge is -2.16. The summed E-state index contributed by atoms with van der Waals surface area (Å²) in [6.07, 6.45) is -7.76. The van der Waals surface area contributed by atoms with Gasteiger partial charge in [0.2, 0.25) is 0 Å². The Bertz CT molecular complexity index is 155. The average Bonchev–Trinajstić information content (AvgIpc) is 2.32. The van der Waals surface area contributed by atoms with Crippen LogP contribution in [0.1, 0.15) is 0 Å². The van der Waals surface area contributed by atoms with E-state index in [1.165, 1.54) is 0 Å². The maximum absolute atomic E-state index is 12.7. The molecular weight excluding hydrogens is 171 g/mol. The molecule has 1 saturated heterocycles. The molecule has 5 nitrogen and oxygen atoms in total. The van der Waals surface area contributed by atoms with E-state index in [9.17, 15) is 4.39 Å². The van der Waals surface area contributed by atoms with Gasteiger partial charge in [-0.05, 0) is 0 Å². The fraction of sp³-hybridized carbons (Fsp3) is 1.00. The molecule has 12 heavy (non-hydrogen) atoms. The zero-order valence-corrected chi connectivity index (χ0v) is 6.17. The first kappa shape index (κ1) is 9.82. The lowest BCUT2D eigenvalue weighted by atomic mass is 10.1. The molecule has 0 amide bonds. The van der Waals surface area contributed by atoms with Crippen molar-refractivity contribution < 1.29 is 29.6 Å². The summed E-state index contributed by atoms with van der Waals surface area (Å²) in [6, 6.07) is 0. The van der Waals surface area contributed by atoms with Gasteiger partial charge in [-0.25, -0.2) is 4.39 Å². The van der Waals surface area contributed by atoms with Crippen molar-refractivity contribution in [2.45, 2.75) is 30.8 Å². The third-order valence-corrected chi connectivity index (χ3v) is 1.81. The molecule has 72 valence electrons. The molecule has 0 aliphatic carbocycles. The molecule has 1 rings (SSSR count). The number of alkyl halides is 1. The number of hydrogen-bond donors (Lipinski definition) is 4. The first-order valence-corrected chi connectivity index (χ1v) is 3.52. The number of ether oxygens (including phenoxy) is 1. The van der Waals surface area contributed by atoms with Crippen molar-refractivity contribution in [1.82, 2.24) is 0 Å². The van der Waals surface area contributed by atoms with Crippen LogP contribution in [0.25, 0.3) is 0 Å². The van der Waals surface area contributed by atoms with Crippen molar-refractivity contribution in [3.8, 4) is 0 Å². The van der Waals surface area contributed by atoms with Gasteiger partial charge in [0.15, 0.2) is 12.5 Å². The third kappa shape index (κ3) is 1.57. The highest BCUT2D eigenvalue weighted by Crippen LogP contribution is 2.23. The Kier molecular flexibility index (Phi) is 2.97. The Morgan fingerprint density at radius 2 is 1.83 bits per heavy atom. The van der Waals surface area contributed by atoms with E-state index in [1.807, 2.05) is 0 Å². The molecule has 0 saturated carbocycles. The fourth-order valence-corrected chi connectivity index (χ4v) is 1.09. The van der Waals surface area contributed by atoms with Crippen LogP contribution < -0.4 is 0 Å². The van der Waals surface area contributed by atoms with Gasteiger partial charge < -0.3 is 25.2 Å². The van der Waals surface area contributed by atoms with Crippen LogP contribution in [0.5, 0.6) is 0 Å². The summed E-state index contributed by atoms with van der Waals surface area (Å²) in [4.78, 5) is 0. The van der Waals surface area contributed by atoms with Crippen molar-refractivity contribution in [2.75, 3.05) is 6.61 Å². The van der Waals surface area contributed by atoms with E-state index in [-0.39, 0.29) is 0 Å². The highest BCUT2D eigenvalue weighted by Gasteiger charge is 2.45. The van der Waals surface area contributed by atoms with Gasteiger partial charge in [0.25, 0.3) is 0 Å². The molecule has 1 fully saturated rings. The number of aliphatic hydroxyl groups excluding tert-OH is 4. The zero-order chi connectivity index (χ0) is 9.30. The summed E-state index contributed by atoms with van der Waals surface area (Å²) in [5, 5.41) is 35.1. The number of hydrogen-bond acceptors (Lipinski definition) is 5. The van der Waals surface area contributed by atoms with Crippen molar-refractivity contribution in [1.29, 1.82) is 0 Å². The molecule has 4 N–H and O–H groups in total. The molecule has 5 atom stereocenters. The second kappa shape index (κ2) is 3.63. The van der Waals surface area contributed by atoms with Crippen molar-refractivity contribution in [3.05, 3.63) is 0 Å². The summed E-state index contributed by atoms with van der Waals surface area (Å²) < 4.78 is 17.1. The van der Waals surface area contributed by atoms with Crippen molar-refractivity contribution in [3.63, 3.8) is 0 Å². The van der Waals surface area contributed by atoms with Crippen LogP contribution in [0.15, 0.2) is 0 Å². The second-order valence-corrected chi connectivity index (χ2v) is 2.67. The first-order valence-electron chi connectivity index (χ1n) is 3.52. The van der Waals surface area contributed by atoms with Gasteiger partial charge in [0, 0.05) is 0 Å².